The molecule has 58 heavy (non-hydrogen) atoms. The zero-order valence-corrected chi connectivity index (χ0v) is 31.8. The first-order valence-corrected chi connectivity index (χ1v) is 19.9. The van der Waals surface area contributed by atoms with Gasteiger partial charge in [0.2, 0.25) is 0 Å². The van der Waals surface area contributed by atoms with Crippen LogP contribution in [0.5, 0.6) is 0 Å². The molecular weight excluding hydrogens is 707 g/mol. The number of hydrogen-bond acceptors (Lipinski definition) is 2. The average Bonchev–Trinajstić information content (AvgIpc) is 3.86. The van der Waals surface area contributed by atoms with E-state index in [0.29, 0.717) is 18.2 Å². The predicted octanol–water partition coefficient (Wildman–Crippen LogP) is 12.2. The summed E-state index contributed by atoms with van der Waals surface area (Å²) in [6.07, 6.45) is 0.973. The number of fused-ring (bicyclic) bond motifs is 12. The van der Waals surface area contributed by atoms with Gasteiger partial charge in [-0.3, -0.25) is 4.99 Å². The standard InChI is InChI=1S/C53H39N5/c54-52(38-13-3-1-4-14-38)56-53(39-15-5-2-6-16-39)55-34-35-23-25-36(26-24-35)37-27-30-41(31-28-37)57-47-21-11-10-20-45(47)46-32-29-40-33-49-44-19-8-7-17-42(44)43-18-9-12-22-48(43)58(49)50(40)51(46)57/h1-32,49H,33-34H2,(H2,54,55,56). The summed E-state index contributed by atoms with van der Waals surface area (Å²) in [7, 11) is 0. The zero-order valence-electron chi connectivity index (χ0n) is 31.8. The summed E-state index contributed by atoms with van der Waals surface area (Å²) in [5.74, 6) is 1.06. The van der Waals surface area contributed by atoms with Gasteiger partial charge in [0.05, 0.1) is 29.3 Å². The molecule has 9 aromatic rings. The van der Waals surface area contributed by atoms with E-state index in [2.05, 4.69) is 143 Å². The molecule has 0 bridgehead atoms. The maximum absolute atomic E-state index is 6.43. The van der Waals surface area contributed by atoms with Crippen LogP contribution in [0.2, 0.25) is 0 Å². The van der Waals surface area contributed by atoms with Gasteiger partial charge in [-0.15, -0.1) is 0 Å². The van der Waals surface area contributed by atoms with Crippen LogP contribution in [0, 0.1) is 0 Å². The van der Waals surface area contributed by atoms with Crippen molar-refractivity contribution in [3.05, 3.63) is 222 Å². The number of amidine groups is 2. The van der Waals surface area contributed by atoms with Crippen molar-refractivity contribution in [3.8, 4) is 27.9 Å². The monoisotopic (exact) mass is 745 g/mol. The van der Waals surface area contributed by atoms with E-state index in [1.54, 1.807) is 0 Å². The van der Waals surface area contributed by atoms with Crippen LogP contribution >= 0.6 is 0 Å². The maximum atomic E-state index is 6.43. The fourth-order valence-corrected chi connectivity index (χ4v) is 9.06. The first-order chi connectivity index (χ1) is 28.7. The Bertz CT molecular complexity index is 3050. The van der Waals surface area contributed by atoms with E-state index in [1.807, 2.05) is 60.7 Å². The van der Waals surface area contributed by atoms with Crippen LogP contribution < -0.4 is 10.6 Å². The Morgan fingerprint density at radius 2 is 1.21 bits per heavy atom. The molecule has 0 aliphatic carbocycles. The molecule has 11 rings (SSSR count). The molecule has 1 unspecified atom stereocenters. The van der Waals surface area contributed by atoms with Crippen LogP contribution in [0.1, 0.15) is 33.9 Å². The molecule has 1 atom stereocenters. The molecule has 2 N–H and O–H groups in total. The van der Waals surface area contributed by atoms with Crippen LogP contribution in [-0.4, -0.2) is 16.2 Å². The number of nitrogens with zero attached hydrogens (tertiary/aromatic N) is 4. The summed E-state index contributed by atoms with van der Waals surface area (Å²) >= 11 is 0. The van der Waals surface area contributed by atoms with Gasteiger partial charge in [0.15, 0.2) is 5.84 Å². The number of benzene rings is 8. The zero-order chi connectivity index (χ0) is 38.6. The number of aliphatic imine (C=N–C) groups is 2. The van der Waals surface area contributed by atoms with Gasteiger partial charge in [-0.1, -0.05) is 170 Å². The highest BCUT2D eigenvalue weighted by Crippen LogP contribution is 2.56. The first-order valence-electron chi connectivity index (χ1n) is 19.9. The average molecular weight is 746 g/mol. The third kappa shape index (κ3) is 5.62. The van der Waals surface area contributed by atoms with E-state index in [0.717, 1.165) is 39.9 Å². The van der Waals surface area contributed by atoms with Crippen molar-refractivity contribution in [3.63, 3.8) is 0 Å². The minimum Gasteiger partial charge on any atom is -0.383 e. The quantitative estimate of drug-likeness (QED) is 0.136. The molecule has 3 heterocycles. The molecule has 2 aliphatic rings. The van der Waals surface area contributed by atoms with E-state index in [9.17, 15) is 0 Å². The summed E-state index contributed by atoms with van der Waals surface area (Å²) in [6.45, 7) is 0.487. The van der Waals surface area contributed by atoms with Gasteiger partial charge in [-0.05, 0) is 64.1 Å². The molecule has 276 valence electrons. The van der Waals surface area contributed by atoms with Crippen LogP contribution in [0.25, 0.3) is 49.7 Å². The largest absolute Gasteiger partial charge is 0.383 e. The summed E-state index contributed by atoms with van der Waals surface area (Å²) in [5.41, 5.74) is 23.3. The van der Waals surface area contributed by atoms with E-state index < -0.39 is 0 Å². The maximum Gasteiger partial charge on any atom is 0.157 e. The van der Waals surface area contributed by atoms with Crippen molar-refractivity contribution < 1.29 is 0 Å². The Morgan fingerprint density at radius 3 is 1.98 bits per heavy atom. The minimum absolute atomic E-state index is 0.249. The van der Waals surface area contributed by atoms with Gasteiger partial charge in [0.25, 0.3) is 0 Å². The summed E-state index contributed by atoms with van der Waals surface area (Å²) in [5, 5.41) is 2.54. The Labute approximate surface area is 337 Å². The molecule has 0 amide bonds. The fourth-order valence-electron chi connectivity index (χ4n) is 9.06. The Balaban J connectivity index is 0.940. The van der Waals surface area contributed by atoms with Gasteiger partial charge in [0.1, 0.15) is 5.84 Å². The lowest BCUT2D eigenvalue weighted by molar-refractivity contribution is 0.737. The van der Waals surface area contributed by atoms with Crippen molar-refractivity contribution in [2.24, 2.45) is 15.7 Å². The summed E-state index contributed by atoms with van der Waals surface area (Å²) in [6, 6.07) is 69.2. The second kappa shape index (κ2) is 13.9. The van der Waals surface area contributed by atoms with Crippen LogP contribution in [-0.2, 0) is 13.0 Å². The van der Waals surface area contributed by atoms with Crippen molar-refractivity contribution in [1.29, 1.82) is 0 Å². The highest BCUT2D eigenvalue weighted by molar-refractivity contribution is 6.15. The molecule has 0 saturated carbocycles. The second-order valence-corrected chi connectivity index (χ2v) is 15.1. The molecule has 0 fully saturated rings. The van der Waals surface area contributed by atoms with Crippen molar-refractivity contribution in [1.82, 2.24) is 4.57 Å². The summed E-state index contributed by atoms with van der Waals surface area (Å²) in [4.78, 5) is 12.3. The Kier molecular flexibility index (Phi) is 8.11. The number of para-hydroxylation sites is 2. The molecule has 8 aromatic carbocycles. The number of rotatable bonds is 6. The van der Waals surface area contributed by atoms with Gasteiger partial charge in [0, 0.05) is 38.8 Å². The molecule has 2 aliphatic heterocycles. The van der Waals surface area contributed by atoms with E-state index in [4.69, 9.17) is 15.7 Å². The molecule has 0 radical (unpaired) electrons. The van der Waals surface area contributed by atoms with Crippen LogP contribution in [0.4, 0.5) is 11.4 Å². The third-order valence-corrected chi connectivity index (χ3v) is 11.8. The van der Waals surface area contributed by atoms with Gasteiger partial charge in [-0.25, -0.2) is 4.99 Å². The first kappa shape index (κ1) is 33.8. The highest BCUT2D eigenvalue weighted by atomic mass is 15.2. The molecule has 5 heteroatoms. The van der Waals surface area contributed by atoms with E-state index in [1.165, 1.54) is 55.4 Å². The lowest BCUT2D eigenvalue weighted by atomic mass is 9.88. The number of hydrogen-bond donors (Lipinski definition) is 1. The van der Waals surface area contributed by atoms with E-state index >= 15 is 0 Å². The lowest BCUT2D eigenvalue weighted by Crippen LogP contribution is -2.24. The number of anilines is 2. The van der Waals surface area contributed by atoms with Crippen molar-refractivity contribution in [2.45, 2.75) is 19.0 Å². The van der Waals surface area contributed by atoms with Crippen LogP contribution in [0.15, 0.2) is 204 Å². The topological polar surface area (TPSA) is 58.9 Å². The Hall–Kier alpha value is -7.50. The van der Waals surface area contributed by atoms with Gasteiger partial charge in [-0.2, -0.15) is 0 Å². The fraction of sp³-hybridized carbons (Fsp3) is 0.0566. The number of aromatic nitrogens is 1. The van der Waals surface area contributed by atoms with Crippen molar-refractivity contribution in [2.75, 3.05) is 4.90 Å². The SMILES string of the molecule is NC(=NC(=NCc1ccc(-c2ccc(-n3c4ccccc4c4ccc5c(c43)N3c4ccccc4-c4ccccc4C3C5)cc2)cc1)c1ccccc1)c1ccccc1. The number of nitrogens with two attached hydrogens (primary N) is 1. The molecule has 5 nitrogen and oxygen atoms in total. The molecule has 0 saturated heterocycles. The van der Waals surface area contributed by atoms with Crippen LogP contribution in [0.3, 0.4) is 0 Å². The van der Waals surface area contributed by atoms with Crippen molar-refractivity contribution >= 4 is 44.9 Å². The summed E-state index contributed by atoms with van der Waals surface area (Å²) < 4.78 is 2.48. The normalized spacial score (nSPS) is 14.6. The van der Waals surface area contributed by atoms with E-state index in [-0.39, 0.29) is 6.04 Å². The smallest absolute Gasteiger partial charge is 0.157 e. The molecular formula is C53H39N5. The molecule has 1 aromatic heterocycles. The predicted molar refractivity (Wildman–Crippen MR) is 241 cm³/mol. The minimum atomic E-state index is 0.249. The lowest BCUT2D eigenvalue weighted by Gasteiger charge is -2.36. The third-order valence-electron chi connectivity index (χ3n) is 11.8. The van der Waals surface area contributed by atoms with Gasteiger partial charge >= 0.3 is 0 Å². The Morgan fingerprint density at radius 1 is 0.569 bits per heavy atom. The second-order valence-electron chi connectivity index (χ2n) is 15.1. The highest BCUT2D eigenvalue weighted by Gasteiger charge is 2.39. The molecule has 0 spiro atoms. The van der Waals surface area contributed by atoms with Gasteiger partial charge < -0.3 is 15.2 Å².